The van der Waals surface area contributed by atoms with Gasteiger partial charge in [-0.3, -0.25) is 0 Å². The van der Waals surface area contributed by atoms with E-state index in [-0.39, 0.29) is 30.1 Å². The van der Waals surface area contributed by atoms with Gasteiger partial charge in [0.05, 0.1) is 18.2 Å². The van der Waals surface area contributed by atoms with Crippen molar-refractivity contribution in [3.8, 4) is 6.07 Å². The summed E-state index contributed by atoms with van der Waals surface area (Å²) in [4.78, 5) is 2.17. The summed E-state index contributed by atoms with van der Waals surface area (Å²) in [6, 6.07) is 9.72. The fourth-order valence-corrected chi connectivity index (χ4v) is 2.74. The highest BCUT2D eigenvalue weighted by molar-refractivity contribution is 14.0. The van der Waals surface area contributed by atoms with E-state index in [4.69, 9.17) is 10.00 Å². The molecule has 1 aromatic carbocycles. The molecule has 1 fully saturated rings. The van der Waals surface area contributed by atoms with E-state index in [0.717, 1.165) is 23.8 Å². The number of halogens is 1. The van der Waals surface area contributed by atoms with Gasteiger partial charge in [0, 0.05) is 13.1 Å². The van der Waals surface area contributed by atoms with Gasteiger partial charge in [-0.2, -0.15) is 10.4 Å². The number of benzene rings is 1. The molecule has 0 aromatic heterocycles. The maximum atomic E-state index is 9.04. The van der Waals surface area contributed by atoms with Gasteiger partial charge >= 0.3 is 0 Å². The number of fused-ring (bicyclic) bond motifs is 1. The summed E-state index contributed by atoms with van der Waals surface area (Å²) in [5.41, 5.74) is 7.16. The van der Waals surface area contributed by atoms with Crippen LogP contribution in [0.2, 0.25) is 0 Å². The Morgan fingerprint density at radius 2 is 2.17 bits per heavy atom. The van der Waals surface area contributed by atoms with E-state index < -0.39 is 0 Å². The number of morpholine rings is 1. The van der Waals surface area contributed by atoms with Crippen LogP contribution < -0.4 is 11.1 Å². The van der Waals surface area contributed by atoms with Crippen molar-refractivity contribution in [1.29, 1.82) is 5.26 Å². The highest BCUT2D eigenvalue weighted by Gasteiger charge is 2.27. The fraction of sp³-hybridized carbons (Fsp3) is 0.267. The van der Waals surface area contributed by atoms with Crippen LogP contribution >= 0.6 is 24.0 Å². The molecule has 0 spiro atoms. The van der Waals surface area contributed by atoms with E-state index in [1.165, 1.54) is 0 Å². The predicted octanol–water partition coefficient (Wildman–Crippen LogP) is 1.07. The van der Waals surface area contributed by atoms with Crippen molar-refractivity contribution in [2.75, 3.05) is 19.7 Å². The maximum Gasteiger partial charge on any atom is 0.189 e. The van der Waals surface area contributed by atoms with Crippen LogP contribution in [0.25, 0.3) is 0 Å². The first kappa shape index (κ1) is 16.7. The van der Waals surface area contributed by atoms with Crippen molar-refractivity contribution >= 4 is 35.6 Å². The maximum absolute atomic E-state index is 9.04. The Labute approximate surface area is 156 Å². The number of ether oxygens (including phenoxy) is 1. The summed E-state index contributed by atoms with van der Waals surface area (Å²) in [5.74, 6) is 1.57. The van der Waals surface area contributed by atoms with Crippen molar-refractivity contribution in [3.63, 3.8) is 0 Å². The van der Waals surface area contributed by atoms with Crippen LogP contribution in [-0.2, 0) is 4.74 Å². The number of nitrogens with zero attached hydrogens (tertiary/aromatic N) is 5. The Hall–Kier alpha value is -2.16. The lowest BCUT2D eigenvalue weighted by atomic mass is 10.0. The molecule has 1 atom stereocenters. The van der Waals surface area contributed by atoms with Crippen molar-refractivity contribution < 1.29 is 4.74 Å². The van der Waals surface area contributed by atoms with Crippen molar-refractivity contribution in [3.05, 3.63) is 47.5 Å². The third-order valence-corrected chi connectivity index (χ3v) is 3.91. The number of hydrogen-bond donors (Lipinski definition) is 2. The van der Waals surface area contributed by atoms with Gasteiger partial charge in [-0.25, -0.2) is 5.53 Å². The van der Waals surface area contributed by atoms with Crippen LogP contribution in [0.1, 0.15) is 17.2 Å². The molecule has 4 rings (SSSR count). The van der Waals surface area contributed by atoms with Crippen LogP contribution in [0, 0.1) is 11.3 Å². The molecule has 1 aromatic rings. The molecule has 2 N–H and O–H groups in total. The number of hydrazine groups is 2. The molecule has 0 bridgehead atoms. The molecule has 3 aliphatic rings. The van der Waals surface area contributed by atoms with E-state index in [1.807, 2.05) is 30.4 Å². The molecular formula is C15H16IN7O. The first-order chi connectivity index (χ1) is 11.3. The van der Waals surface area contributed by atoms with Gasteiger partial charge in [-0.15, -0.1) is 39.7 Å². The first-order valence-corrected chi connectivity index (χ1v) is 7.35. The van der Waals surface area contributed by atoms with Crippen molar-refractivity contribution in [2.45, 2.75) is 6.10 Å². The Bertz CT molecular complexity index is 754. The number of nitriles is 1. The topological polar surface area (TPSA) is 88.3 Å². The number of amidine groups is 2. The van der Waals surface area contributed by atoms with Gasteiger partial charge in [-0.05, 0) is 29.8 Å². The van der Waals surface area contributed by atoms with E-state index in [9.17, 15) is 0 Å². The standard InChI is InChI=1S/C15H15N7O.HI/c16-9-11-2-1-3-12(8-11)13-10-21(6-7-23-13)15-5-4-14-17-19-20-22(14)18-15;/h1-5,8,13,19-20H,6-7,10H2;1H. The summed E-state index contributed by atoms with van der Waals surface area (Å²) in [6.45, 7) is 2.07. The normalized spacial score (nSPS) is 21.9. The molecular weight excluding hydrogens is 421 g/mol. The van der Waals surface area contributed by atoms with Crippen molar-refractivity contribution in [1.82, 2.24) is 21.1 Å². The first-order valence-electron chi connectivity index (χ1n) is 7.35. The second kappa shape index (κ2) is 7.16. The largest absolute Gasteiger partial charge is 0.370 e. The SMILES string of the molecule is I.N#Cc1cccc(C2CN(C3=NN4NNN=C4C=C3)CCO2)c1. The molecule has 24 heavy (non-hydrogen) atoms. The molecule has 8 nitrogen and oxygen atoms in total. The summed E-state index contributed by atoms with van der Waals surface area (Å²) in [5, 5.41) is 19.2. The Balaban J connectivity index is 0.00000169. The van der Waals surface area contributed by atoms with Crippen LogP contribution in [0.15, 0.2) is 46.6 Å². The summed E-state index contributed by atoms with van der Waals surface area (Å²) in [6.07, 6.45) is 3.77. The van der Waals surface area contributed by atoms with Crippen LogP contribution in [-0.4, -0.2) is 41.4 Å². The highest BCUT2D eigenvalue weighted by atomic mass is 127. The number of rotatable bonds is 1. The zero-order valence-corrected chi connectivity index (χ0v) is 15.0. The molecule has 1 saturated heterocycles. The number of nitrogens with one attached hydrogen (secondary N) is 2. The van der Waals surface area contributed by atoms with Gasteiger partial charge in [0.25, 0.3) is 0 Å². The average molecular weight is 437 g/mol. The minimum absolute atomic E-state index is 0. The predicted molar refractivity (Wildman–Crippen MR) is 99.0 cm³/mol. The smallest absolute Gasteiger partial charge is 0.189 e. The third kappa shape index (κ3) is 3.21. The van der Waals surface area contributed by atoms with Gasteiger partial charge in [0.1, 0.15) is 6.10 Å². The molecule has 1 unspecified atom stereocenters. The van der Waals surface area contributed by atoms with Gasteiger partial charge < -0.3 is 9.64 Å². The highest BCUT2D eigenvalue weighted by Crippen LogP contribution is 2.24. The zero-order chi connectivity index (χ0) is 15.6. The third-order valence-electron chi connectivity index (χ3n) is 3.91. The lowest BCUT2D eigenvalue weighted by molar-refractivity contribution is -0.00712. The lowest BCUT2D eigenvalue weighted by Gasteiger charge is -2.35. The van der Waals surface area contributed by atoms with E-state index >= 15 is 0 Å². The molecule has 124 valence electrons. The number of hydrogen-bond acceptors (Lipinski definition) is 8. The van der Waals surface area contributed by atoms with E-state index in [0.29, 0.717) is 18.7 Å². The minimum atomic E-state index is -0.0760. The molecule has 3 aliphatic heterocycles. The van der Waals surface area contributed by atoms with Crippen molar-refractivity contribution in [2.24, 2.45) is 10.2 Å². The van der Waals surface area contributed by atoms with Gasteiger partial charge in [0.2, 0.25) is 0 Å². The van der Waals surface area contributed by atoms with Crippen LogP contribution in [0.3, 0.4) is 0 Å². The monoisotopic (exact) mass is 437 g/mol. The minimum Gasteiger partial charge on any atom is -0.370 e. The van der Waals surface area contributed by atoms with Crippen LogP contribution in [0.4, 0.5) is 0 Å². The second-order valence-electron chi connectivity index (χ2n) is 5.34. The quantitative estimate of drug-likeness (QED) is 0.640. The zero-order valence-electron chi connectivity index (χ0n) is 12.7. The Morgan fingerprint density at radius 3 is 3.04 bits per heavy atom. The molecule has 0 radical (unpaired) electrons. The lowest BCUT2D eigenvalue weighted by Crippen LogP contribution is -2.46. The average Bonchev–Trinajstić information content (AvgIpc) is 3.09. The molecule has 9 heteroatoms. The Morgan fingerprint density at radius 1 is 1.29 bits per heavy atom. The number of hydrazone groups is 2. The molecule has 0 amide bonds. The van der Waals surface area contributed by atoms with Gasteiger partial charge in [0.15, 0.2) is 11.7 Å². The molecule has 0 saturated carbocycles. The van der Waals surface area contributed by atoms with Gasteiger partial charge in [-0.1, -0.05) is 12.1 Å². The fourth-order valence-electron chi connectivity index (χ4n) is 2.74. The van der Waals surface area contributed by atoms with E-state index in [1.54, 1.807) is 11.2 Å². The summed E-state index contributed by atoms with van der Waals surface area (Å²) >= 11 is 0. The molecule has 3 heterocycles. The van der Waals surface area contributed by atoms with Crippen LogP contribution in [0.5, 0.6) is 0 Å². The molecule has 0 aliphatic carbocycles. The Kier molecular flexibility index (Phi) is 4.98. The summed E-state index contributed by atoms with van der Waals surface area (Å²) < 4.78 is 5.88. The van der Waals surface area contributed by atoms with E-state index in [2.05, 4.69) is 32.2 Å². The summed E-state index contributed by atoms with van der Waals surface area (Å²) in [7, 11) is 0. The second-order valence-corrected chi connectivity index (χ2v) is 5.34.